The van der Waals surface area contributed by atoms with Crippen molar-refractivity contribution in [2.24, 2.45) is 0 Å². The van der Waals surface area contributed by atoms with Crippen molar-refractivity contribution in [3.05, 3.63) is 47.3 Å². The minimum Gasteiger partial charge on any atom is -0.385 e. The summed E-state index contributed by atoms with van der Waals surface area (Å²) in [6.07, 6.45) is 0.855. The van der Waals surface area contributed by atoms with Crippen LogP contribution >= 0.6 is 11.8 Å². The smallest absolute Gasteiger partial charge is 0.321 e. The number of hydrogen-bond acceptors (Lipinski definition) is 4. The number of para-hydroxylation sites is 2. The summed E-state index contributed by atoms with van der Waals surface area (Å²) in [4.78, 5) is 17.0. The number of hydrogen-bond donors (Lipinski definition) is 0. The molecule has 0 aliphatic heterocycles. The van der Waals surface area contributed by atoms with Crippen LogP contribution in [-0.4, -0.2) is 39.4 Å². The van der Waals surface area contributed by atoms with E-state index in [9.17, 15) is 13.6 Å². The fourth-order valence-corrected chi connectivity index (χ4v) is 4.21. The molecule has 0 aliphatic rings. The highest BCUT2D eigenvalue weighted by molar-refractivity contribution is 7.99. The van der Waals surface area contributed by atoms with E-state index < -0.39 is 6.55 Å². The lowest BCUT2D eigenvalue weighted by Crippen LogP contribution is -2.09. The number of carbonyl (C=O) groups excluding carboxylic acids is 1. The predicted molar refractivity (Wildman–Crippen MR) is 106 cm³/mol. The quantitative estimate of drug-likeness (QED) is 0.289. The number of ketones is 1. The summed E-state index contributed by atoms with van der Waals surface area (Å²) < 4.78 is 35.1. The molecule has 1 aromatic carbocycles. The Morgan fingerprint density at radius 1 is 1.29 bits per heavy atom. The Morgan fingerprint density at radius 2 is 2.04 bits per heavy atom. The van der Waals surface area contributed by atoms with Gasteiger partial charge in [-0.1, -0.05) is 23.9 Å². The molecule has 0 amide bonds. The molecule has 0 N–H and O–H groups in total. The zero-order chi connectivity index (χ0) is 20.3. The van der Waals surface area contributed by atoms with Gasteiger partial charge < -0.3 is 9.30 Å². The van der Waals surface area contributed by atoms with Gasteiger partial charge in [-0.3, -0.25) is 9.36 Å². The van der Waals surface area contributed by atoms with Crippen molar-refractivity contribution in [3.63, 3.8) is 0 Å². The standard InChI is InChI=1S/C20H23F2N3O2S/c1-13-11-15(14(2)24(13)9-6-10-27-3)18(26)12-28-20-23-16-7-4-5-8-17(16)25(20)19(21)22/h4-5,7-8,11,19H,6,9-10,12H2,1-3H3. The summed E-state index contributed by atoms with van der Waals surface area (Å²) >= 11 is 1.04. The third kappa shape index (κ3) is 4.12. The lowest BCUT2D eigenvalue weighted by Gasteiger charge is -2.09. The van der Waals surface area contributed by atoms with Crippen LogP contribution in [0.3, 0.4) is 0 Å². The second-order valence-corrected chi connectivity index (χ2v) is 7.47. The number of thioether (sulfide) groups is 1. The Balaban J connectivity index is 1.77. The molecule has 0 spiro atoms. The van der Waals surface area contributed by atoms with E-state index in [1.54, 1.807) is 31.4 Å². The van der Waals surface area contributed by atoms with Gasteiger partial charge in [0.15, 0.2) is 10.9 Å². The van der Waals surface area contributed by atoms with Crippen molar-refractivity contribution in [1.29, 1.82) is 0 Å². The highest BCUT2D eigenvalue weighted by atomic mass is 32.2. The third-order valence-corrected chi connectivity index (χ3v) is 5.65. The fraction of sp³-hybridized carbons (Fsp3) is 0.400. The molecule has 0 bridgehead atoms. The first-order chi connectivity index (χ1) is 13.4. The number of halogens is 2. The van der Waals surface area contributed by atoms with E-state index in [4.69, 9.17) is 4.74 Å². The fourth-order valence-electron chi connectivity index (χ4n) is 3.32. The summed E-state index contributed by atoms with van der Waals surface area (Å²) in [5, 5.41) is 0.151. The summed E-state index contributed by atoms with van der Waals surface area (Å²) in [6.45, 7) is 2.58. The highest BCUT2D eigenvalue weighted by Crippen LogP contribution is 2.30. The number of alkyl halides is 2. The van der Waals surface area contributed by atoms with Crippen LogP contribution in [0, 0.1) is 13.8 Å². The van der Waals surface area contributed by atoms with E-state index in [2.05, 4.69) is 9.55 Å². The number of aryl methyl sites for hydroxylation is 1. The monoisotopic (exact) mass is 407 g/mol. The van der Waals surface area contributed by atoms with Crippen LogP contribution in [0.4, 0.5) is 8.78 Å². The molecule has 0 fully saturated rings. The Morgan fingerprint density at radius 3 is 2.75 bits per heavy atom. The summed E-state index contributed by atoms with van der Waals surface area (Å²) in [5.74, 6) is -0.0396. The molecule has 0 aliphatic carbocycles. The molecule has 0 unspecified atom stereocenters. The molecule has 150 valence electrons. The molecule has 0 radical (unpaired) electrons. The van der Waals surface area contributed by atoms with Gasteiger partial charge in [-0.05, 0) is 38.5 Å². The Kier molecular flexibility index (Phi) is 6.51. The van der Waals surface area contributed by atoms with Gasteiger partial charge in [-0.15, -0.1) is 0 Å². The molecular formula is C20H23F2N3O2S. The second-order valence-electron chi connectivity index (χ2n) is 6.53. The highest BCUT2D eigenvalue weighted by Gasteiger charge is 2.21. The normalized spacial score (nSPS) is 11.6. The number of carbonyl (C=O) groups is 1. The van der Waals surface area contributed by atoms with Crippen molar-refractivity contribution in [2.45, 2.75) is 38.5 Å². The molecule has 2 aromatic heterocycles. The van der Waals surface area contributed by atoms with Crippen molar-refractivity contribution in [2.75, 3.05) is 19.5 Å². The van der Waals surface area contributed by atoms with E-state index >= 15 is 0 Å². The minimum absolute atomic E-state index is 0.0540. The number of benzene rings is 1. The van der Waals surface area contributed by atoms with Gasteiger partial charge in [-0.2, -0.15) is 8.78 Å². The van der Waals surface area contributed by atoms with Crippen molar-refractivity contribution < 1.29 is 18.3 Å². The number of imidazole rings is 1. The average Bonchev–Trinajstić information content (AvgIpc) is 3.18. The van der Waals surface area contributed by atoms with Gasteiger partial charge in [0.2, 0.25) is 0 Å². The number of nitrogens with zero attached hydrogens (tertiary/aromatic N) is 3. The Hall–Kier alpha value is -2.19. The molecule has 28 heavy (non-hydrogen) atoms. The van der Waals surface area contributed by atoms with E-state index in [1.165, 1.54) is 0 Å². The SMILES string of the molecule is COCCCn1c(C)cc(C(=O)CSc2nc3ccccc3n2C(F)F)c1C. The summed E-state index contributed by atoms with van der Waals surface area (Å²) in [6, 6.07) is 8.60. The van der Waals surface area contributed by atoms with Crippen molar-refractivity contribution >= 4 is 28.6 Å². The molecule has 5 nitrogen and oxygen atoms in total. The van der Waals surface area contributed by atoms with E-state index in [-0.39, 0.29) is 16.7 Å². The maximum absolute atomic E-state index is 13.5. The van der Waals surface area contributed by atoms with Crippen LogP contribution in [0.25, 0.3) is 11.0 Å². The lowest BCUT2D eigenvalue weighted by atomic mass is 10.2. The van der Waals surface area contributed by atoms with Crippen molar-refractivity contribution in [1.82, 2.24) is 14.1 Å². The van der Waals surface area contributed by atoms with Gasteiger partial charge in [0.25, 0.3) is 0 Å². The Labute approximate surface area is 166 Å². The Bertz CT molecular complexity index is 981. The third-order valence-electron chi connectivity index (χ3n) is 4.70. The van der Waals surface area contributed by atoms with E-state index in [0.29, 0.717) is 23.2 Å². The molecule has 3 aromatic rings. The molecular weight excluding hydrogens is 384 g/mol. The topological polar surface area (TPSA) is 49.1 Å². The van der Waals surface area contributed by atoms with Crippen LogP contribution < -0.4 is 0 Å². The van der Waals surface area contributed by atoms with E-state index in [0.717, 1.165) is 40.7 Å². The molecule has 0 atom stereocenters. The van der Waals surface area contributed by atoms with Gasteiger partial charge in [0.05, 0.1) is 16.8 Å². The predicted octanol–water partition coefficient (Wildman–Crippen LogP) is 4.86. The minimum atomic E-state index is -2.71. The number of fused-ring (bicyclic) bond motifs is 1. The van der Waals surface area contributed by atoms with Gasteiger partial charge in [0, 0.05) is 37.2 Å². The first-order valence-corrected chi connectivity index (χ1v) is 9.99. The van der Waals surface area contributed by atoms with Crippen LogP contribution in [0.5, 0.6) is 0 Å². The maximum atomic E-state index is 13.5. The number of Topliss-reactive ketones (excluding diaryl/α,β-unsaturated/α-hetero) is 1. The molecule has 2 heterocycles. The number of aromatic nitrogens is 3. The zero-order valence-corrected chi connectivity index (χ0v) is 16.9. The van der Waals surface area contributed by atoms with Crippen LogP contribution in [0.2, 0.25) is 0 Å². The summed E-state index contributed by atoms with van der Waals surface area (Å²) in [5.41, 5.74) is 3.38. The largest absolute Gasteiger partial charge is 0.385 e. The first kappa shape index (κ1) is 20.5. The number of methoxy groups -OCH3 is 1. The zero-order valence-electron chi connectivity index (χ0n) is 16.1. The maximum Gasteiger partial charge on any atom is 0.321 e. The first-order valence-electron chi connectivity index (χ1n) is 9.00. The number of ether oxygens (including phenoxy) is 1. The van der Waals surface area contributed by atoms with Gasteiger partial charge in [0.1, 0.15) is 0 Å². The molecule has 8 heteroatoms. The second kappa shape index (κ2) is 8.87. The lowest BCUT2D eigenvalue weighted by molar-refractivity contribution is 0.0656. The molecule has 3 rings (SSSR count). The van der Waals surface area contributed by atoms with Crippen LogP contribution in [-0.2, 0) is 11.3 Å². The van der Waals surface area contributed by atoms with Gasteiger partial charge >= 0.3 is 6.55 Å². The van der Waals surface area contributed by atoms with Crippen LogP contribution in [0.15, 0.2) is 35.5 Å². The van der Waals surface area contributed by atoms with Crippen LogP contribution in [0.1, 0.15) is 34.7 Å². The van der Waals surface area contributed by atoms with E-state index in [1.807, 2.05) is 19.9 Å². The van der Waals surface area contributed by atoms with Crippen molar-refractivity contribution in [3.8, 4) is 0 Å². The average molecular weight is 407 g/mol. The molecule has 0 saturated carbocycles. The number of rotatable bonds is 9. The van der Waals surface area contributed by atoms with Gasteiger partial charge in [-0.25, -0.2) is 4.98 Å². The molecule has 0 saturated heterocycles. The summed E-state index contributed by atoms with van der Waals surface area (Å²) in [7, 11) is 1.66.